The van der Waals surface area contributed by atoms with Crippen LogP contribution in [0.1, 0.15) is 23.6 Å². The van der Waals surface area contributed by atoms with Crippen LogP contribution in [0.5, 0.6) is 0 Å². The molecule has 1 atom stereocenters. The van der Waals surface area contributed by atoms with E-state index in [0.29, 0.717) is 0 Å². The van der Waals surface area contributed by atoms with E-state index in [1.165, 1.54) is 14.7 Å². The Morgan fingerprint density at radius 2 is 2.31 bits per heavy atom. The molecular formula is C11H14IN. The van der Waals surface area contributed by atoms with Crippen LogP contribution >= 0.6 is 22.6 Å². The molecule has 0 aromatic heterocycles. The molecule has 0 aliphatic carbocycles. The molecule has 0 aliphatic heterocycles. The molecule has 1 aromatic rings. The van der Waals surface area contributed by atoms with Gasteiger partial charge in [0.05, 0.1) is 0 Å². The van der Waals surface area contributed by atoms with Gasteiger partial charge in [0.2, 0.25) is 0 Å². The minimum atomic E-state index is 0.0900. The molecule has 0 radical (unpaired) electrons. The lowest BCUT2D eigenvalue weighted by molar-refractivity contribution is 0.735. The summed E-state index contributed by atoms with van der Waals surface area (Å²) in [5, 5.41) is 0. The molecule has 0 fully saturated rings. The summed E-state index contributed by atoms with van der Waals surface area (Å²) in [7, 11) is 0. The molecular weight excluding hydrogens is 273 g/mol. The summed E-state index contributed by atoms with van der Waals surface area (Å²) in [6.45, 7) is 5.79. The molecule has 0 saturated heterocycles. The molecule has 2 heteroatoms. The van der Waals surface area contributed by atoms with Crippen LogP contribution in [-0.2, 0) is 0 Å². The Morgan fingerprint density at radius 1 is 1.62 bits per heavy atom. The quantitative estimate of drug-likeness (QED) is 0.670. The second-order valence-electron chi connectivity index (χ2n) is 3.13. The molecule has 0 unspecified atom stereocenters. The first-order valence-corrected chi connectivity index (χ1v) is 5.35. The van der Waals surface area contributed by atoms with Gasteiger partial charge in [-0.05, 0) is 59.2 Å². The Morgan fingerprint density at radius 3 is 2.92 bits per heavy atom. The van der Waals surface area contributed by atoms with Crippen molar-refractivity contribution < 1.29 is 0 Å². The normalized spacial score (nSPS) is 12.5. The highest BCUT2D eigenvalue weighted by molar-refractivity contribution is 14.1. The summed E-state index contributed by atoms with van der Waals surface area (Å²) in [6, 6.07) is 6.44. The average Bonchev–Trinajstić information content (AvgIpc) is 2.09. The first-order valence-electron chi connectivity index (χ1n) is 4.27. The largest absolute Gasteiger partial charge is 0.324 e. The molecule has 2 N–H and O–H groups in total. The maximum absolute atomic E-state index is 6.00. The van der Waals surface area contributed by atoms with Gasteiger partial charge in [-0.15, -0.1) is 6.58 Å². The monoisotopic (exact) mass is 287 g/mol. The number of nitrogens with two attached hydrogens (primary N) is 1. The van der Waals surface area contributed by atoms with E-state index in [-0.39, 0.29) is 6.04 Å². The van der Waals surface area contributed by atoms with Gasteiger partial charge in [-0.2, -0.15) is 0 Å². The van der Waals surface area contributed by atoms with Crippen LogP contribution in [0.4, 0.5) is 0 Å². The fraction of sp³-hybridized carbons (Fsp3) is 0.273. The van der Waals surface area contributed by atoms with Gasteiger partial charge in [-0.3, -0.25) is 0 Å². The second-order valence-corrected chi connectivity index (χ2v) is 4.38. The Kier molecular flexibility index (Phi) is 3.93. The van der Waals surface area contributed by atoms with Crippen molar-refractivity contribution >= 4 is 22.6 Å². The predicted molar refractivity (Wildman–Crippen MR) is 65.6 cm³/mol. The third kappa shape index (κ3) is 2.81. The van der Waals surface area contributed by atoms with Crippen LogP contribution in [0.3, 0.4) is 0 Å². The first-order chi connectivity index (χ1) is 6.15. The zero-order valence-corrected chi connectivity index (χ0v) is 9.91. The predicted octanol–water partition coefficient (Wildman–Crippen LogP) is 3.18. The molecule has 0 bridgehead atoms. The van der Waals surface area contributed by atoms with Crippen LogP contribution < -0.4 is 5.73 Å². The summed E-state index contributed by atoms with van der Waals surface area (Å²) < 4.78 is 1.23. The van der Waals surface area contributed by atoms with E-state index in [9.17, 15) is 0 Å². The smallest absolute Gasteiger partial charge is 0.0332 e. The zero-order chi connectivity index (χ0) is 9.84. The van der Waals surface area contributed by atoms with Gasteiger partial charge in [0.1, 0.15) is 0 Å². The van der Waals surface area contributed by atoms with Gasteiger partial charge in [0.15, 0.2) is 0 Å². The van der Waals surface area contributed by atoms with Gasteiger partial charge < -0.3 is 5.73 Å². The van der Waals surface area contributed by atoms with Crippen molar-refractivity contribution in [2.24, 2.45) is 5.73 Å². The van der Waals surface area contributed by atoms with Gasteiger partial charge >= 0.3 is 0 Å². The molecule has 0 spiro atoms. The van der Waals surface area contributed by atoms with E-state index < -0.39 is 0 Å². The third-order valence-corrected chi connectivity index (χ3v) is 2.73. The Labute approximate surface area is 93.2 Å². The number of benzene rings is 1. The molecule has 70 valence electrons. The summed E-state index contributed by atoms with van der Waals surface area (Å²) in [5.74, 6) is 0. The molecule has 0 aliphatic rings. The topological polar surface area (TPSA) is 26.0 Å². The number of rotatable bonds is 3. The standard InChI is InChI=1S/C11H14IN/c1-3-4-11(13)10-7-9(12)6-5-8(10)2/h3,5-7,11H,1,4,13H2,2H3/t11-/m0/s1. The molecule has 1 rings (SSSR count). The minimum Gasteiger partial charge on any atom is -0.324 e. The van der Waals surface area contributed by atoms with Crippen molar-refractivity contribution in [3.05, 3.63) is 45.6 Å². The molecule has 1 nitrogen and oxygen atoms in total. The van der Waals surface area contributed by atoms with Crippen molar-refractivity contribution in [3.63, 3.8) is 0 Å². The molecule has 0 heterocycles. The van der Waals surface area contributed by atoms with Crippen LogP contribution in [0, 0.1) is 10.5 Å². The Hall–Kier alpha value is -0.350. The van der Waals surface area contributed by atoms with E-state index in [1.54, 1.807) is 0 Å². The van der Waals surface area contributed by atoms with Crippen LogP contribution in [-0.4, -0.2) is 0 Å². The zero-order valence-electron chi connectivity index (χ0n) is 7.76. The van der Waals surface area contributed by atoms with Crippen molar-refractivity contribution in [2.75, 3.05) is 0 Å². The van der Waals surface area contributed by atoms with Crippen molar-refractivity contribution in [1.29, 1.82) is 0 Å². The van der Waals surface area contributed by atoms with E-state index in [2.05, 4.69) is 54.3 Å². The summed E-state index contributed by atoms with van der Waals surface area (Å²) >= 11 is 2.30. The van der Waals surface area contributed by atoms with E-state index in [0.717, 1.165) is 6.42 Å². The highest BCUT2D eigenvalue weighted by Gasteiger charge is 2.06. The number of hydrogen-bond acceptors (Lipinski definition) is 1. The van der Waals surface area contributed by atoms with Crippen LogP contribution in [0.2, 0.25) is 0 Å². The highest BCUT2D eigenvalue weighted by Crippen LogP contribution is 2.20. The first kappa shape index (κ1) is 10.7. The van der Waals surface area contributed by atoms with Crippen molar-refractivity contribution in [3.8, 4) is 0 Å². The fourth-order valence-electron chi connectivity index (χ4n) is 1.32. The molecule has 1 aromatic carbocycles. The summed E-state index contributed by atoms with van der Waals surface area (Å²) in [6.07, 6.45) is 2.70. The Bertz CT molecular complexity index is 307. The van der Waals surface area contributed by atoms with E-state index in [1.807, 2.05) is 6.08 Å². The summed E-state index contributed by atoms with van der Waals surface area (Å²) in [5.41, 5.74) is 8.49. The van der Waals surface area contributed by atoms with Gasteiger partial charge in [0, 0.05) is 9.61 Å². The molecule has 0 amide bonds. The lowest BCUT2D eigenvalue weighted by atomic mass is 10.00. The van der Waals surface area contributed by atoms with E-state index in [4.69, 9.17) is 5.73 Å². The van der Waals surface area contributed by atoms with Crippen molar-refractivity contribution in [1.82, 2.24) is 0 Å². The van der Waals surface area contributed by atoms with E-state index >= 15 is 0 Å². The fourth-order valence-corrected chi connectivity index (χ4v) is 1.83. The molecule has 13 heavy (non-hydrogen) atoms. The number of aryl methyl sites for hydroxylation is 1. The Balaban J connectivity index is 2.97. The van der Waals surface area contributed by atoms with Gasteiger partial charge in [0.25, 0.3) is 0 Å². The van der Waals surface area contributed by atoms with Crippen LogP contribution in [0.25, 0.3) is 0 Å². The highest BCUT2D eigenvalue weighted by atomic mass is 127. The summed E-state index contributed by atoms with van der Waals surface area (Å²) in [4.78, 5) is 0. The minimum absolute atomic E-state index is 0.0900. The number of halogens is 1. The van der Waals surface area contributed by atoms with Gasteiger partial charge in [-0.1, -0.05) is 12.1 Å². The second kappa shape index (κ2) is 4.77. The third-order valence-electron chi connectivity index (χ3n) is 2.06. The van der Waals surface area contributed by atoms with Crippen LogP contribution in [0.15, 0.2) is 30.9 Å². The molecule has 0 saturated carbocycles. The SMILES string of the molecule is C=CC[C@H](N)c1cc(I)ccc1C. The maximum atomic E-state index is 6.00. The lowest BCUT2D eigenvalue weighted by Gasteiger charge is -2.12. The maximum Gasteiger partial charge on any atom is 0.0332 e. The average molecular weight is 287 g/mol. The van der Waals surface area contributed by atoms with Crippen molar-refractivity contribution in [2.45, 2.75) is 19.4 Å². The number of hydrogen-bond donors (Lipinski definition) is 1. The lowest BCUT2D eigenvalue weighted by Crippen LogP contribution is -2.10. The van der Waals surface area contributed by atoms with Gasteiger partial charge in [-0.25, -0.2) is 0 Å².